The number of likely N-dealkylation sites (N-methyl/N-ethyl adjacent to an activating group) is 1. The van der Waals surface area contributed by atoms with Gasteiger partial charge in [-0.15, -0.1) is 0 Å². The molecule has 2 aliphatic rings. The van der Waals surface area contributed by atoms with Crippen LogP contribution in [0, 0.1) is 0 Å². The number of amidine groups is 1. The Morgan fingerprint density at radius 3 is 2.42 bits per heavy atom. The molecule has 0 unspecified atom stereocenters. The molecule has 5 rings (SSSR count). The molecule has 0 aliphatic carbocycles. The zero-order valence-corrected chi connectivity index (χ0v) is 20.9. The van der Waals surface area contributed by atoms with E-state index in [2.05, 4.69) is 58.4 Å². The zero-order valence-electron chi connectivity index (χ0n) is 20.1. The van der Waals surface area contributed by atoms with Gasteiger partial charge in [-0.05, 0) is 64.2 Å². The molecule has 0 atom stereocenters. The Morgan fingerprint density at radius 1 is 1.00 bits per heavy atom. The van der Waals surface area contributed by atoms with Gasteiger partial charge in [0.15, 0.2) is 5.17 Å². The van der Waals surface area contributed by atoms with Gasteiger partial charge in [0.1, 0.15) is 0 Å². The number of thioether (sulfide) groups is 1. The Kier molecular flexibility index (Phi) is 7.02. The van der Waals surface area contributed by atoms with Crippen molar-refractivity contribution in [1.82, 2.24) is 9.80 Å². The molecule has 0 spiro atoms. The molecule has 6 nitrogen and oxygen atoms in total. The monoisotopic (exact) mass is 497 g/mol. The Morgan fingerprint density at radius 2 is 1.69 bits per heavy atom. The van der Waals surface area contributed by atoms with Gasteiger partial charge in [-0.1, -0.05) is 60.7 Å². The molecule has 7 heteroatoms. The Bertz CT molecular complexity index is 1350. The number of carbonyl (C=O) groups is 2. The first-order valence-electron chi connectivity index (χ1n) is 11.9. The number of amides is 1. The first kappa shape index (κ1) is 24.0. The third kappa shape index (κ3) is 5.58. The first-order valence-corrected chi connectivity index (χ1v) is 12.7. The molecule has 182 valence electrons. The largest absolute Gasteiger partial charge is 0.481 e. The van der Waals surface area contributed by atoms with E-state index in [0.717, 1.165) is 31.6 Å². The van der Waals surface area contributed by atoms with Crippen molar-refractivity contribution in [3.8, 4) is 0 Å². The molecule has 2 heterocycles. The number of fused-ring (bicyclic) bond motifs is 1. The minimum Gasteiger partial charge on any atom is -0.481 e. The van der Waals surface area contributed by atoms with Gasteiger partial charge in [0, 0.05) is 26.7 Å². The Hall–Kier alpha value is -3.68. The zero-order chi connectivity index (χ0) is 25.1. The molecular formula is C29H27N3O3S. The van der Waals surface area contributed by atoms with Crippen LogP contribution >= 0.6 is 11.8 Å². The molecule has 1 saturated heterocycles. The standard InChI is InChI=1S/C29H27N3O3S/c1-31-28(35)26(36-29(31)30-25-12-10-21(11-13-25)17-27(33)34)16-20-6-8-22(9-7-20)18-32-15-14-23-4-2-3-5-24(23)19-32/h2-13,16H,14-15,17-19H2,1H3,(H,33,34)/b26-16-,30-29+. The molecular weight excluding hydrogens is 470 g/mol. The molecule has 1 fully saturated rings. The maximum Gasteiger partial charge on any atom is 0.307 e. The molecule has 0 aromatic heterocycles. The summed E-state index contributed by atoms with van der Waals surface area (Å²) in [5.74, 6) is -0.955. The second-order valence-electron chi connectivity index (χ2n) is 9.08. The first-order chi connectivity index (χ1) is 17.4. The van der Waals surface area contributed by atoms with Crippen molar-refractivity contribution in [1.29, 1.82) is 0 Å². The highest BCUT2D eigenvalue weighted by Gasteiger charge is 2.30. The summed E-state index contributed by atoms with van der Waals surface area (Å²) in [5.41, 5.74) is 6.50. The average molecular weight is 498 g/mol. The molecule has 3 aromatic carbocycles. The predicted octanol–water partition coefficient (Wildman–Crippen LogP) is 5.11. The molecule has 1 amide bonds. The highest BCUT2D eigenvalue weighted by Crippen LogP contribution is 2.33. The van der Waals surface area contributed by atoms with Crippen LogP contribution < -0.4 is 0 Å². The maximum atomic E-state index is 12.8. The molecule has 36 heavy (non-hydrogen) atoms. The van der Waals surface area contributed by atoms with E-state index in [1.807, 2.05) is 6.08 Å². The summed E-state index contributed by atoms with van der Waals surface area (Å²) in [7, 11) is 1.72. The SMILES string of the molecule is CN1C(=O)/C(=C/c2ccc(CN3CCc4ccccc4C3)cc2)S/C1=N/c1ccc(CC(=O)O)cc1. The van der Waals surface area contributed by atoms with Crippen molar-refractivity contribution in [2.45, 2.75) is 25.9 Å². The number of benzene rings is 3. The topological polar surface area (TPSA) is 73.2 Å². The maximum absolute atomic E-state index is 12.8. The number of aliphatic imine (C=N–C) groups is 1. The number of carboxylic acids is 1. The minimum atomic E-state index is -0.870. The van der Waals surface area contributed by atoms with Crippen LogP contribution in [0.2, 0.25) is 0 Å². The van der Waals surface area contributed by atoms with Crippen LogP contribution in [0.1, 0.15) is 27.8 Å². The number of carbonyl (C=O) groups excluding carboxylic acids is 1. The summed E-state index contributed by atoms with van der Waals surface area (Å²) in [5, 5.41) is 9.51. The van der Waals surface area contributed by atoms with Gasteiger partial charge in [-0.25, -0.2) is 4.99 Å². The van der Waals surface area contributed by atoms with E-state index in [4.69, 9.17) is 5.11 Å². The van der Waals surface area contributed by atoms with Crippen LogP contribution in [0.5, 0.6) is 0 Å². The second kappa shape index (κ2) is 10.5. The third-order valence-electron chi connectivity index (χ3n) is 6.41. The van der Waals surface area contributed by atoms with Gasteiger partial charge in [0.2, 0.25) is 0 Å². The third-order valence-corrected chi connectivity index (χ3v) is 7.47. The number of hydrogen-bond acceptors (Lipinski definition) is 5. The van der Waals surface area contributed by atoms with E-state index < -0.39 is 5.97 Å². The van der Waals surface area contributed by atoms with Crippen LogP contribution in [0.25, 0.3) is 6.08 Å². The highest BCUT2D eigenvalue weighted by atomic mass is 32.2. The molecule has 1 N–H and O–H groups in total. The van der Waals surface area contributed by atoms with E-state index >= 15 is 0 Å². The lowest BCUT2D eigenvalue weighted by atomic mass is 9.99. The molecule has 3 aromatic rings. The number of carboxylic acid groups (broad SMARTS) is 1. The minimum absolute atomic E-state index is 0.0261. The fourth-order valence-corrected chi connectivity index (χ4v) is 5.43. The van der Waals surface area contributed by atoms with E-state index in [9.17, 15) is 9.59 Å². The van der Waals surface area contributed by atoms with Crippen molar-refractivity contribution in [2.24, 2.45) is 4.99 Å². The lowest BCUT2D eigenvalue weighted by Crippen LogP contribution is -2.29. The summed E-state index contributed by atoms with van der Waals surface area (Å²) < 4.78 is 0. The van der Waals surface area contributed by atoms with Crippen molar-refractivity contribution >= 4 is 40.6 Å². The summed E-state index contributed by atoms with van der Waals surface area (Å²) in [4.78, 5) is 32.9. The second-order valence-corrected chi connectivity index (χ2v) is 10.1. The van der Waals surface area contributed by atoms with Crippen LogP contribution in [0.4, 0.5) is 5.69 Å². The van der Waals surface area contributed by atoms with Crippen molar-refractivity contribution < 1.29 is 14.7 Å². The lowest BCUT2D eigenvalue weighted by Gasteiger charge is -2.28. The highest BCUT2D eigenvalue weighted by molar-refractivity contribution is 8.18. The average Bonchev–Trinajstić information content (AvgIpc) is 3.13. The summed E-state index contributed by atoms with van der Waals surface area (Å²) in [6.07, 6.45) is 2.97. The normalized spacial score (nSPS) is 18.1. The fraction of sp³-hybridized carbons (Fsp3) is 0.207. The van der Waals surface area contributed by atoms with Gasteiger partial charge in [-0.2, -0.15) is 0 Å². The summed E-state index contributed by atoms with van der Waals surface area (Å²) in [6.45, 7) is 2.94. The Labute approximate surface area is 215 Å². The van der Waals surface area contributed by atoms with E-state index in [1.54, 1.807) is 36.2 Å². The number of nitrogens with zero attached hydrogens (tertiary/aromatic N) is 3. The lowest BCUT2D eigenvalue weighted by molar-refractivity contribution is -0.136. The van der Waals surface area contributed by atoms with Crippen molar-refractivity contribution in [3.63, 3.8) is 0 Å². The van der Waals surface area contributed by atoms with Crippen molar-refractivity contribution in [3.05, 3.63) is 106 Å². The Balaban J connectivity index is 1.24. The molecule has 2 aliphatic heterocycles. The van der Waals surface area contributed by atoms with E-state index in [1.165, 1.54) is 28.5 Å². The van der Waals surface area contributed by atoms with Crippen molar-refractivity contribution in [2.75, 3.05) is 13.6 Å². The van der Waals surface area contributed by atoms with E-state index in [-0.39, 0.29) is 12.3 Å². The molecule has 0 radical (unpaired) electrons. The van der Waals surface area contributed by atoms with Crippen LogP contribution in [0.15, 0.2) is 82.7 Å². The predicted molar refractivity (Wildman–Crippen MR) is 144 cm³/mol. The van der Waals surface area contributed by atoms with Gasteiger partial charge in [-0.3, -0.25) is 19.4 Å². The quantitative estimate of drug-likeness (QED) is 0.480. The van der Waals surface area contributed by atoms with Gasteiger partial charge < -0.3 is 5.11 Å². The van der Waals surface area contributed by atoms with Gasteiger partial charge in [0.25, 0.3) is 5.91 Å². The summed E-state index contributed by atoms with van der Waals surface area (Å²) in [6, 6.07) is 24.1. The van der Waals surface area contributed by atoms with Crippen LogP contribution in [-0.4, -0.2) is 45.5 Å². The van der Waals surface area contributed by atoms with Crippen LogP contribution in [-0.2, 0) is 35.5 Å². The van der Waals surface area contributed by atoms with Gasteiger partial charge >= 0.3 is 5.97 Å². The van der Waals surface area contributed by atoms with Gasteiger partial charge in [0.05, 0.1) is 17.0 Å². The number of aliphatic carboxylic acids is 1. The smallest absolute Gasteiger partial charge is 0.307 e. The summed E-state index contributed by atoms with van der Waals surface area (Å²) >= 11 is 1.34. The fourth-order valence-electron chi connectivity index (χ4n) is 4.44. The molecule has 0 bridgehead atoms. The van der Waals surface area contributed by atoms with Crippen LogP contribution in [0.3, 0.4) is 0 Å². The van der Waals surface area contributed by atoms with E-state index in [0.29, 0.717) is 21.3 Å². The number of rotatable bonds is 6. The number of hydrogen-bond donors (Lipinski definition) is 1. The molecule has 0 saturated carbocycles.